The second-order valence-corrected chi connectivity index (χ2v) is 13.1. The van der Waals surface area contributed by atoms with Crippen molar-refractivity contribution in [3.05, 3.63) is 83.0 Å². The molecule has 8 heteroatoms. The van der Waals surface area contributed by atoms with Crippen LogP contribution in [0.5, 0.6) is 11.5 Å². The lowest BCUT2D eigenvalue weighted by Gasteiger charge is -2.11. The molecule has 0 amide bonds. The lowest BCUT2D eigenvalue weighted by Crippen LogP contribution is -2.20. The summed E-state index contributed by atoms with van der Waals surface area (Å²) in [5.41, 5.74) is 4.08. The van der Waals surface area contributed by atoms with Gasteiger partial charge in [-0.1, -0.05) is 112 Å². The number of rotatable bonds is 18. The average molecular weight is 693 g/mol. The molecule has 276 valence electrons. The number of cyclic esters (lactones) is 2. The van der Waals surface area contributed by atoms with Gasteiger partial charge < -0.3 is 19.7 Å². The highest BCUT2D eigenvalue weighted by molar-refractivity contribution is 5.94. The third-order valence-electron chi connectivity index (χ3n) is 8.25. The lowest BCUT2D eigenvalue weighted by molar-refractivity contribution is -0.153. The summed E-state index contributed by atoms with van der Waals surface area (Å²) in [5, 5.41) is 18.4. The van der Waals surface area contributed by atoms with Gasteiger partial charge in [0.1, 0.15) is 11.5 Å². The fourth-order valence-corrected chi connectivity index (χ4v) is 5.19. The van der Waals surface area contributed by atoms with Crippen LogP contribution in [0.1, 0.15) is 126 Å². The van der Waals surface area contributed by atoms with E-state index in [2.05, 4.69) is 24.7 Å². The van der Waals surface area contributed by atoms with Crippen molar-refractivity contribution in [3.63, 3.8) is 0 Å². The second kappa shape index (κ2) is 25.7. The smallest absolute Gasteiger partial charge is 0.317 e. The Morgan fingerprint density at radius 1 is 0.820 bits per heavy atom. The van der Waals surface area contributed by atoms with Crippen LogP contribution in [0.15, 0.2) is 60.7 Å². The number of carboxylic acid groups (broad SMARTS) is 1. The first kappa shape index (κ1) is 43.8. The molecule has 0 aromatic heterocycles. The molecule has 2 N–H and O–H groups in total. The van der Waals surface area contributed by atoms with Crippen LogP contribution in [0.3, 0.4) is 0 Å². The van der Waals surface area contributed by atoms with E-state index in [1.807, 2.05) is 70.2 Å². The van der Waals surface area contributed by atoms with Gasteiger partial charge in [-0.3, -0.25) is 19.2 Å². The van der Waals surface area contributed by atoms with Gasteiger partial charge in [0.15, 0.2) is 0 Å². The number of phenolic OH excluding ortho intramolecular Hbond substituents is 1. The third-order valence-corrected chi connectivity index (χ3v) is 8.25. The minimum Gasteiger partial charge on any atom is -0.508 e. The Morgan fingerprint density at radius 2 is 1.40 bits per heavy atom. The van der Waals surface area contributed by atoms with Gasteiger partial charge in [0.25, 0.3) is 0 Å². The molecule has 50 heavy (non-hydrogen) atoms. The maximum atomic E-state index is 12.1. The van der Waals surface area contributed by atoms with Gasteiger partial charge in [-0.2, -0.15) is 0 Å². The Labute approximate surface area is 300 Å². The summed E-state index contributed by atoms with van der Waals surface area (Å²) in [6.07, 6.45) is 20.9. The molecule has 0 spiro atoms. The molecule has 0 saturated carbocycles. The van der Waals surface area contributed by atoms with Crippen molar-refractivity contribution in [1.82, 2.24) is 0 Å². The molecule has 1 aliphatic rings. The Morgan fingerprint density at radius 3 is 1.90 bits per heavy atom. The van der Waals surface area contributed by atoms with E-state index in [0.29, 0.717) is 24.3 Å². The zero-order chi connectivity index (χ0) is 37.3. The van der Waals surface area contributed by atoms with Crippen LogP contribution in [0.4, 0.5) is 0 Å². The summed E-state index contributed by atoms with van der Waals surface area (Å²) < 4.78 is 9.80. The monoisotopic (exact) mass is 692 g/mol. The summed E-state index contributed by atoms with van der Waals surface area (Å²) in [6, 6.07) is 11.1. The second-order valence-electron chi connectivity index (χ2n) is 13.1. The molecule has 1 heterocycles. The number of allylic oxidation sites excluding steroid dienone is 4. The van der Waals surface area contributed by atoms with E-state index in [1.54, 1.807) is 12.1 Å². The SMILES string of the molecule is CCCCCC/C=C/CC(CC(=O)Oc1ccc(C)cc1C)C(=O)O.CCCCCC/C=C/CC1CC(=O)OC1=O.Cc1ccc(O)c(C)c1. The van der Waals surface area contributed by atoms with E-state index in [4.69, 9.17) is 9.84 Å². The van der Waals surface area contributed by atoms with Crippen LogP contribution in [0.25, 0.3) is 0 Å². The molecule has 2 aromatic rings. The number of carboxylic acids is 1. The van der Waals surface area contributed by atoms with Gasteiger partial charge in [0.05, 0.1) is 24.7 Å². The van der Waals surface area contributed by atoms with Crippen LogP contribution < -0.4 is 4.74 Å². The van der Waals surface area contributed by atoms with Crippen molar-refractivity contribution in [2.45, 2.75) is 131 Å². The first-order valence-electron chi connectivity index (χ1n) is 18.2. The maximum Gasteiger partial charge on any atom is 0.317 e. The Hall–Kier alpha value is -4.20. The van der Waals surface area contributed by atoms with Gasteiger partial charge in [0.2, 0.25) is 0 Å². The van der Waals surface area contributed by atoms with Gasteiger partial charge in [-0.15, -0.1) is 0 Å². The average Bonchev–Trinajstić information content (AvgIpc) is 3.39. The molecular formula is C42H60O8. The fraction of sp³-hybridized carbons (Fsp3) is 0.524. The highest BCUT2D eigenvalue weighted by Gasteiger charge is 2.32. The predicted molar refractivity (Wildman–Crippen MR) is 199 cm³/mol. The fourth-order valence-electron chi connectivity index (χ4n) is 5.19. The highest BCUT2D eigenvalue weighted by Crippen LogP contribution is 2.22. The quantitative estimate of drug-likeness (QED) is 0.0519. The molecule has 8 nitrogen and oxygen atoms in total. The van der Waals surface area contributed by atoms with Crippen LogP contribution in [0.2, 0.25) is 0 Å². The summed E-state index contributed by atoms with van der Waals surface area (Å²) in [7, 11) is 0. The largest absolute Gasteiger partial charge is 0.508 e. The van der Waals surface area contributed by atoms with Crippen molar-refractivity contribution in [3.8, 4) is 11.5 Å². The molecule has 2 unspecified atom stereocenters. The third kappa shape index (κ3) is 19.7. The molecule has 0 aliphatic carbocycles. The number of hydrogen-bond acceptors (Lipinski definition) is 7. The molecule has 0 radical (unpaired) electrons. The maximum absolute atomic E-state index is 12.1. The van der Waals surface area contributed by atoms with Crippen LogP contribution >= 0.6 is 0 Å². The molecule has 3 rings (SSSR count). The number of unbranched alkanes of at least 4 members (excludes halogenated alkanes) is 8. The van der Waals surface area contributed by atoms with E-state index in [-0.39, 0.29) is 30.7 Å². The van der Waals surface area contributed by atoms with Gasteiger partial charge in [-0.25, -0.2) is 0 Å². The number of aryl methyl sites for hydroxylation is 4. The summed E-state index contributed by atoms with van der Waals surface area (Å²) in [6.45, 7) is 12.1. The number of hydrogen-bond donors (Lipinski definition) is 2. The summed E-state index contributed by atoms with van der Waals surface area (Å²) >= 11 is 0. The molecule has 1 fully saturated rings. The zero-order valence-corrected chi connectivity index (χ0v) is 31.2. The minimum absolute atomic E-state index is 0.122. The lowest BCUT2D eigenvalue weighted by atomic mass is 10.0. The molecule has 2 atom stereocenters. The van der Waals surface area contributed by atoms with Crippen molar-refractivity contribution in [2.75, 3.05) is 0 Å². The van der Waals surface area contributed by atoms with Gasteiger partial charge in [-0.05, 0) is 89.5 Å². The Balaban J connectivity index is 0.000000423. The number of aliphatic carboxylic acids is 1. The van der Waals surface area contributed by atoms with Crippen molar-refractivity contribution >= 4 is 23.9 Å². The molecular weight excluding hydrogens is 632 g/mol. The van der Waals surface area contributed by atoms with E-state index in [0.717, 1.165) is 36.0 Å². The van der Waals surface area contributed by atoms with E-state index in [9.17, 15) is 24.3 Å². The molecule has 0 bridgehead atoms. The van der Waals surface area contributed by atoms with E-state index in [1.165, 1.54) is 50.5 Å². The molecule has 2 aromatic carbocycles. The van der Waals surface area contributed by atoms with Crippen molar-refractivity contribution < 1.29 is 38.9 Å². The normalized spacial score (nSPS) is 14.5. The van der Waals surface area contributed by atoms with Crippen LogP contribution in [-0.2, 0) is 23.9 Å². The molecule has 1 saturated heterocycles. The van der Waals surface area contributed by atoms with Crippen LogP contribution in [-0.4, -0.2) is 34.1 Å². The van der Waals surface area contributed by atoms with Crippen molar-refractivity contribution in [1.29, 1.82) is 0 Å². The number of carbonyl (C=O) groups excluding carboxylic acids is 3. The van der Waals surface area contributed by atoms with Crippen LogP contribution in [0, 0.1) is 39.5 Å². The van der Waals surface area contributed by atoms with E-state index < -0.39 is 17.9 Å². The Bertz CT molecular complexity index is 1390. The number of esters is 3. The highest BCUT2D eigenvalue weighted by atomic mass is 16.6. The summed E-state index contributed by atoms with van der Waals surface area (Å²) in [5.74, 6) is -2.33. The number of carbonyl (C=O) groups is 4. The van der Waals surface area contributed by atoms with Crippen molar-refractivity contribution in [2.24, 2.45) is 11.8 Å². The number of ether oxygens (including phenoxy) is 2. The molecule has 1 aliphatic heterocycles. The van der Waals surface area contributed by atoms with Gasteiger partial charge >= 0.3 is 23.9 Å². The van der Waals surface area contributed by atoms with Gasteiger partial charge in [0, 0.05) is 0 Å². The predicted octanol–water partition coefficient (Wildman–Crippen LogP) is 10.2. The zero-order valence-electron chi connectivity index (χ0n) is 31.2. The number of aromatic hydroxyl groups is 1. The standard InChI is InChI=1S/C21H30O4.C13H20O3.C8H10O/c1-4-5-6-7-8-9-10-11-18(21(23)24)15-20(22)25-19-13-12-16(2)14-17(19)3;1-2-3-4-5-6-7-8-9-11-10-12(14)16-13(11)15;1-6-3-4-8(9)7(2)5-6/h9-10,12-14,18H,4-8,11,15H2,1-3H3,(H,23,24);7-8,11H,2-6,9-10H2,1H3;3-5,9H,1-2H3/b10-9+;8-7+;. The topological polar surface area (TPSA) is 127 Å². The number of phenols is 1. The first-order valence-corrected chi connectivity index (χ1v) is 18.2. The summed E-state index contributed by atoms with van der Waals surface area (Å²) in [4.78, 5) is 45.3. The number of benzene rings is 2. The minimum atomic E-state index is -0.965. The Kier molecular flexibility index (Phi) is 22.5. The first-order chi connectivity index (χ1) is 23.9. The van der Waals surface area contributed by atoms with E-state index >= 15 is 0 Å².